The molecule has 3 aromatic carbocycles. The summed E-state index contributed by atoms with van der Waals surface area (Å²) in [4.78, 5) is 28.9. The molecule has 0 spiro atoms. The third-order valence-electron chi connectivity index (χ3n) is 5.86. The number of para-hydroxylation sites is 2. The van der Waals surface area contributed by atoms with Crippen LogP contribution in [0.5, 0.6) is 0 Å². The first-order chi connectivity index (χ1) is 15.1. The fourth-order valence-corrected chi connectivity index (χ4v) is 4.57. The van der Waals surface area contributed by atoms with Crippen molar-refractivity contribution >= 4 is 34.7 Å². The van der Waals surface area contributed by atoms with Gasteiger partial charge < -0.3 is 5.32 Å². The molecular formula is C26H21ClN2O2. The quantitative estimate of drug-likeness (QED) is 0.531. The number of hydrogen-bond donors (Lipinski definition) is 1. The van der Waals surface area contributed by atoms with Gasteiger partial charge in [0, 0.05) is 28.3 Å². The van der Waals surface area contributed by atoms with Crippen molar-refractivity contribution in [3.8, 4) is 0 Å². The van der Waals surface area contributed by atoms with E-state index in [-0.39, 0.29) is 11.7 Å². The Labute approximate surface area is 186 Å². The number of halogens is 1. The number of carbonyl (C=O) groups excluding carboxylic acids is 2. The van der Waals surface area contributed by atoms with Gasteiger partial charge in [-0.3, -0.25) is 14.5 Å². The maximum atomic E-state index is 13.9. The van der Waals surface area contributed by atoms with Gasteiger partial charge in [-0.1, -0.05) is 54.1 Å². The molecule has 1 heterocycles. The molecule has 1 amide bonds. The maximum absolute atomic E-state index is 13.9. The first kappa shape index (κ1) is 19.6. The highest BCUT2D eigenvalue weighted by molar-refractivity contribution is 6.30. The third-order valence-corrected chi connectivity index (χ3v) is 6.11. The number of benzene rings is 3. The first-order valence-corrected chi connectivity index (χ1v) is 10.8. The van der Waals surface area contributed by atoms with Gasteiger partial charge in [-0.05, 0) is 54.8 Å². The van der Waals surface area contributed by atoms with E-state index in [1.165, 1.54) is 0 Å². The number of allylic oxidation sites excluding steroid dienone is 1. The van der Waals surface area contributed by atoms with Crippen LogP contribution in [0.2, 0.25) is 5.02 Å². The molecule has 1 atom stereocenters. The van der Waals surface area contributed by atoms with Gasteiger partial charge in [-0.25, -0.2) is 0 Å². The summed E-state index contributed by atoms with van der Waals surface area (Å²) < 4.78 is 0. The van der Waals surface area contributed by atoms with E-state index in [4.69, 9.17) is 11.6 Å². The second-order valence-corrected chi connectivity index (χ2v) is 8.24. The van der Waals surface area contributed by atoms with E-state index < -0.39 is 6.04 Å². The van der Waals surface area contributed by atoms with Gasteiger partial charge >= 0.3 is 0 Å². The van der Waals surface area contributed by atoms with Crippen LogP contribution in [-0.2, 0) is 4.79 Å². The van der Waals surface area contributed by atoms with Crippen LogP contribution in [0.4, 0.5) is 11.4 Å². The SMILES string of the molecule is O=C1CCCC2=C1C(c1ccccc1)N(C(=O)c1ccc(Cl)cc1)c1ccccc1N2. The number of nitrogens with zero attached hydrogens (tertiary/aromatic N) is 1. The molecule has 0 saturated heterocycles. The van der Waals surface area contributed by atoms with Crippen LogP contribution in [0.1, 0.15) is 41.2 Å². The monoisotopic (exact) mass is 428 g/mol. The molecule has 0 saturated carbocycles. The molecule has 0 aromatic heterocycles. The van der Waals surface area contributed by atoms with Crippen LogP contribution in [0, 0.1) is 0 Å². The molecule has 1 aliphatic heterocycles. The summed E-state index contributed by atoms with van der Waals surface area (Å²) in [5, 5.41) is 4.05. The van der Waals surface area contributed by atoms with Crippen LogP contribution in [-0.4, -0.2) is 11.7 Å². The van der Waals surface area contributed by atoms with Gasteiger partial charge in [0.05, 0.1) is 17.4 Å². The van der Waals surface area contributed by atoms with E-state index >= 15 is 0 Å². The summed E-state index contributed by atoms with van der Waals surface area (Å²) >= 11 is 6.06. The molecule has 1 N–H and O–H groups in total. The number of anilines is 2. The second-order valence-electron chi connectivity index (χ2n) is 7.81. The third kappa shape index (κ3) is 3.53. The Bertz CT molecular complexity index is 1190. The van der Waals surface area contributed by atoms with Gasteiger partial charge in [0.1, 0.15) is 0 Å². The van der Waals surface area contributed by atoms with E-state index in [1.807, 2.05) is 54.6 Å². The molecular weight excluding hydrogens is 408 g/mol. The maximum Gasteiger partial charge on any atom is 0.259 e. The number of ketones is 1. The van der Waals surface area contributed by atoms with Crippen LogP contribution in [0.15, 0.2) is 90.1 Å². The Morgan fingerprint density at radius 3 is 2.39 bits per heavy atom. The largest absolute Gasteiger partial charge is 0.357 e. The van der Waals surface area contributed by atoms with Gasteiger partial charge in [0.2, 0.25) is 0 Å². The molecule has 5 heteroatoms. The molecule has 3 aromatic rings. The van der Waals surface area contributed by atoms with E-state index in [2.05, 4.69) is 5.32 Å². The van der Waals surface area contributed by atoms with Crippen molar-refractivity contribution < 1.29 is 9.59 Å². The lowest BCUT2D eigenvalue weighted by atomic mass is 9.85. The summed E-state index contributed by atoms with van der Waals surface area (Å²) in [6.45, 7) is 0. The number of rotatable bonds is 2. The zero-order chi connectivity index (χ0) is 21.4. The topological polar surface area (TPSA) is 49.4 Å². The number of amides is 1. The van der Waals surface area contributed by atoms with Crippen LogP contribution < -0.4 is 10.2 Å². The molecule has 4 nitrogen and oxygen atoms in total. The highest BCUT2D eigenvalue weighted by Gasteiger charge is 2.39. The molecule has 1 aliphatic carbocycles. The normalized spacial score (nSPS) is 18.0. The fourth-order valence-electron chi connectivity index (χ4n) is 4.44. The number of nitrogens with one attached hydrogen (secondary N) is 1. The van der Waals surface area contributed by atoms with Crippen molar-refractivity contribution in [3.63, 3.8) is 0 Å². The minimum atomic E-state index is -0.511. The van der Waals surface area contributed by atoms with Crippen molar-refractivity contribution in [2.24, 2.45) is 0 Å². The Kier molecular flexibility index (Phi) is 5.08. The molecule has 0 bridgehead atoms. The Balaban J connectivity index is 1.77. The van der Waals surface area contributed by atoms with Crippen molar-refractivity contribution in [2.45, 2.75) is 25.3 Å². The zero-order valence-electron chi connectivity index (χ0n) is 16.8. The van der Waals surface area contributed by atoms with Crippen molar-refractivity contribution in [3.05, 3.63) is 106 Å². The van der Waals surface area contributed by atoms with E-state index in [1.54, 1.807) is 29.2 Å². The van der Waals surface area contributed by atoms with Crippen molar-refractivity contribution in [2.75, 3.05) is 10.2 Å². The van der Waals surface area contributed by atoms with Crippen molar-refractivity contribution in [1.82, 2.24) is 0 Å². The summed E-state index contributed by atoms with van der Waals surface area (Å²) in [5.41, 5.74) is 4.59. The van der Waals surface area contributed by atoms with Gasteiger partial charge in [0.25, 0.3) is 5.91 Å². The zero-order valence-corrected chi connectivity index (χ0v) is 17.6. The predicted octanol–water partition coefficient (Wildman–Crippen LogP) is 6.16. The van der Waals surface area contributed by atoms with Crippen LogP contribution >= 0.6 is 11.6 Å². The van der Waals surface area contributed by atoms with E-state index in [0.29, 0.717) is 22.6 Å². The van der Waals surface area contributed by atoms with Crippen molar-refractivity contribution in [1.29, 1.82) is 0 Å². The van der Waals surface area contributed by atoms with Crippen LogP contribution in [0.3, 0.4) is 0 Å². The smallest absolute Gasteiger partial charge is 0.259 e. The first-order valence-electron chi connectivity index (χ1n) is 10.4. The standard InChI is InChI=1S/C26H21ClN2O2/c27-19-15-13-18(14-16-19)26(31)29-22-11-5-4-9-20(22)28-21-10-6-12-23(30)24(21)25(29)17-7-2-1-3-8-17/h1-5,7-9,11,13-16,25,28H,6,10,12H2. The summed E-state index contributed by atoms with van der Waals surface area (Å²) in [6.07, 6.45) is 2.07. The Morgan fingerprint density at radius 2 is 1.61 bits per heavy atom. The predicted molar refractivity (Wildman–Crippen MR) is 123 cm³/mol. The number of hydrogen-bond acceptors (Lipinski definition) is 3. The molecule has 0 fully saturated rings. The number of fused-ring (bicyclic) bond motifs is 1. The lowest BCUT2D eigenvalue weighted by Crippen LogP contribution is -2.38. The Morgan fingerprint density at radius 1 is 0.903 bits per heavy atom. The second kappa shape index (κ2) is 8.05. The minimum Gasteiger partial charge on any atom is -0.357 e. The van der Waals surface area contributed by atoms with Gasteiger partial charge in [-0.2, -0.15) is 0 Å². The lowest BCUT2D eigenvalue weighted by Gasteiger charge is -2.34. The molecule has 0 radical (unpaired) electrons. The Hall–Kier alpha value is -3.37. The van der Waals surface area contributed by atoms with E-state index in [9.17, 15) is 9.59 Å². The summed E-state index contributed by atoms with van der Waals surface area (Å²) in [5.74, 6) is -0.0868. The number of carbonyl (C=O) groups is 2. The highest BCUT2D eigenvalue weighted by Crippen LogP contribution is 2.45. The molecule has 5 rings (SSSR count). The van der Waals surface area contributed by atoms with Crippen LogP contribution in [0.25, 0.3) is 0 Å². The highest BCUT2D eigenvalue weighted by atomic mass is 35.5. The fraction of sp³-hybridized carbons (Fsp3) is 0.154. The average molecular weight is 429 g/mol. The van der Waals surface area contributed by atoms with Gasteiger partial charge in [0.15, 0.2) is 5.78 Å². The molecule has 154 valence electrons. The minimum absolute atomic E-state index is 0.0873. The summed E-state index contributed by atoms with van der Waals surface area (Å²) in [6, 6.07) is 23.9. The van der Waals surface area contributed by atoms with E-state index in [0.717, 1.165) is 35.5 Å². The molecule has 1 unspecified atom stereocenters. The average Bonchev–Trinajstić information content (AvgIpc) is 2.95. The summed E-state index contributed by atoms with van der Waals surface area (Å²) in [7, 11) is 0. The molecule has 2 aliphatic rings. The van der Waals surface area contributed by atoms with Gasteiger partial charge in [-0.15, -0.1) is 0 Å². The number of Topliss-reactive ketones (excluding diaryl/α,β-unsaturated/α-hetero) is 1. The molecule has 31 heavy (non-hydrogen) atoms. The lowest BCUT2D eigenvalue weighted by molar-refractivity contribution is -0.116.